The Balaban J connectivity index is 1.87. The first-order valence-corrected chi connectivity index (χ1v) is 8.07. The molecule has 3 N–H and O–H groups in total. The third-order valence-electron chi connectivity index (χ3n) is 4.16. The number of aliphatic hydroxyl groups is 2. The normalized spacial score (nSPS) is 22.8. The molecule has 0 radical (unpaired) electrons. The van der Waals surface area contributed by atoms with Crippen LogP contribution in [0.4, 0.5) is 0 Å². The summed E-state index contributed by atoms with van der Waals surface area (Å²) in [4.78, 5) is 38.3. The van der Waals surface area contributed by atoms with Gasteiger partial charge in [-0.05, 0) is 12.2 Å². The maximum absolute atomic E-state index is 12.1. The summed E-state index contributed by atoms with van der Waals surface area (Å²) in [7, 11) is 0. The first-order chi connectivity index (χ1) is 12.5. The van der Waals surface area contributed by atoms with Gasteiger partial charge in [0.25, 0.3) is 5.56 Å². The predicted molar refractivity (Wildman–Crippen MR) is 92.7 cm³/mol. The second kappa shape index (κ2) is 7.61. The van der Waals surface area contributed by atoms with Crippen LogP contribution in [0.5, 0.6) is 0 Å². The average molecular weight is 358 g/mol. The fourth-order valence-electron chi connectivity index (χ4n) is 2.75. The molecule has 1 fully saturated rings. The summed E-state index contributed by atoms with van der Waals surface area (Å²) in [5.74, 6) is -0.282. The number of ether oxygens (including phenoxy) is 1. The Morgan fingerprint density at radius 1 is 1.31 bits per heavy atom. The quantitative estimate of drug-likeness (QED) is 0.514. The number of aromatic amines is 1. The molecule has 8 nitrogen and oxygen atoms in total. The van der Waals surface area contributed by atoms with Gasteiger partial charge in [-0.3, -0.25) is 19.1 Å². The molecule has 3 atom stereocenters. The number of hydrogen-bond acceptors (Lipinski definition) is 6. The molecular weight excluding hydrogens is 340 g/mol. The lowest BCUT2D eigenvalue weighted by Crippen LogP contribution is -2.33. The summed E-state index contributed by atoms with van der Waals surface area (Å²) < 4.78 is 6.56. The zero-order valence-corrected chi connectivity index (χ0v) is 13.7. The Morgan fingerprint density at radius 2 is 2.04 bits per heavy atom. The number of H-pyrrole nitrogens is 1. The molecule has 2 heterocycles. The highest BCUT2D eigenvalue weighted by molar-refractivity contribution is 6.06. The van der Waals surface area contributed by atoms with E-state index in [9.17, 15) is 19.5 Å². The molecule has 136 valence electrons. The molecule has 0 saturated carbocycles. The number of carbonyl (C=O) groups excluding carboxylic acids is 1. The summed E-state index contributed by atoms with van der Waals surface area (Å²) in [6, 6.07) is 8.56. The molecule has 1 aromatic carbocycles. The molecule has 3 rings (SSSR count). The van der Waals surface area contributed by atoms with Crippen LogP contribution in [0.15, 0.2) is 52.2 Å². The molecule has 1 aliphatic rings. The van der Waals surface area contributed by atoms with Gasteiger partial charge < -0.3 is 14.9 Å². The third-order valence-corrected chi connectivity index (χ3v) is 4.16. The molecular formula is C18H18N2O6. The van der Waals surface area contributed by atoms with Crippen molar-refractivity contribution >= 4 is 11.9 Å². The van der Waals surface area contributed by atoms with Gasteiger partial charge in [-0.1, -0.05) is 30.3 Å². The molecule has 1 aliphatic heterocycles. The number of aromatic nitrogens is 2. The maximum atomic E-state index is 12.1. The van der Waals surface area contributed by atoms with Crippen LogP contribution in [0.2, 0.25) is 0 Å². The largest absolute Gasteiger partial charge is 0.394 e. The second-order valence-corrected chi connectivity index (χ2v) is 5.93. The number of nitrogens with one attached hydrogen (secondary N) is 1. The van der Waals surface area contributed by atoms with Crippen molar-refractivity contribution in [2.45, 2.75) is 24.9 Å². The van der Waals surface area contributed by atoms with Crippen LogP contribution in [-0.4, -0.2) is 44.4 Å². The van der Waals surface area contributed by atoms with Crippen LogP contribution < -0.4 is 11.2 Å². The zero-order valence-electron chi connectivity index (χ0n) is 13.7. The van der Waals surface area contributed by atoms with Gasteiger partial charge in [-0.2, -0.15) is 0 Å². The third kappa shape index (κ3) is 3.72. The molecule has 0 bridgehead atoms. The number of aliphatic hydroxyl groups excluding tert-OH is 2. The number of benzene rings is 1. The van der Waals surface area contributed by atoms with Gasteiger partial charge in [0.05, 0.1) is 18.3 Å². The van der Waals surface area contributed by atoms with Gasteiger partial charge in [0, 0.05) is 18.2 Å². The Kier molecular flexibility index (Phi) is 5.27. The van der Waals surface area contributed by atoms with Gasteiger partial charge >= 0.3 is 5.69 Å². The Bertz CT molecular complexity index is 931. The summed E-state index contributed by atoms with van der Waals surface area (Å²) in [6.45, 7) is -0.381. The Morgan fingerprint density at radius 3 is 2.69 bits per heavy atom. The number of nitrogens with zero attached hydrogens (tertiary/aromatic N) is 1. The highest BCUT2D eigenvalue weighted by Crippen LogP contribution is 2.27. The number of allylic oxidation sites excluding steroid dienone is 1. The van der Waals surface area contributed by atoms with Crippen LogP contribution in [0, 0.1) is 0 Å². The van der Waals surface area contributed by atoms with Crippen LogP contribution in [0.1, 0.15) is 28.6 Å². The van der Waals surface area contributed by atoms with Crippen molar-refractivity contribution < 1.29 is 19.7 Å². The lowest BCUT2D eigenvalue weighted by atomic mass is 10.1. The lowest BCUT2D eigenvalue weighted by molar-refractivity contribution is -0.0459. The number of carbonyl (C=O) groups is 1. The van der Waals surface area contributed by atoms with Gasteiger partial charge in [-0.25, -0.2) is 4.79 Å². The van der Waals surface area contributed by atoms with Gasteiger partial charge in [0.2, 0.25) is 0 Å². The fourth-order valence-corrected chi connectivity index (χ4v) is 2.75. The first kappa shape index (κ1) is 18.0. The van der Waals surface area contributed by atoms with E-state index < -0.39 is 29.7 Å². The SMILES string of the molecule is O=C(/C=C/c1cn(C2CC(O)C(CO)O2)c(=O)[nH]c1=O)c1ccccc1. The van der Waals surface area contributed by atoms with Crippen molar-refractivity contribution in [2.75, 3.05) is 6.61 Å². The summed E-state index contributed by atoms with van der Waals surface area (Å²) in [5, 5.41) is 19.0. The fraction of sp³-hybridized carbons (Fsp3) is 0.278. The van der Waals surface area contributed by atoms with Crippen LogP contribution in [0.3, 0.4) is 0 Å². The van der Waals surface area contributed by atoms with Crippen molar-refractivity contribution in [2.24, 2.45) is 0 Å². The van der Waals surface area contributed by atoms with E-state index in [1.807, 2.05) is 0 Å². The second-order valence-electron chi connectivity index (χ2n) is 5.93. The zero-order chi connectivity index (χ0) is 18.7. The van der Waals surface area contributed by atoms with E-state index in [0.29, 0.717) is 5.56 Å². The summed E-state index contributed by atoms with van der Waals surface area (Å²) >= 11 is 0. The number of ketones is 1. The highest BCUT2D eigenvalue weighted by atomic mass is 16.5. The minimum absolute atomic E-state index is 0.0967. The van der Waals surface area contributed by atoms with Crippen LogP contribution in [-0.2, 0) is 4.74 Å². The van der Waals surface area contributed by atoms with Crippen molar-refractivity contribution in [3.8, 4) is 0 Å². The molecule has 1 saturated heterocycles. The topological polar surface area (TPSA) is 122 Å². The van der Waals surface area contributed by atoms with E-state index in [1.165, 1.54) is 18.3 Å². The van der Waals surface area contributed by atoms with E-state index >= 15 is 0 Å². The van der Waals surface area contributed by atoms with Crippen LogP contribution >= 0.6 is 0 Å². The monoisotopic (exact) mass is 358 g/mol. The molecule has 0 amide bonds. The van der Waals surface area contributed by atoms with Crippen molar-refractivity contribution in [1.82, 2.24) is 9.55 Å². The van der Waals surface area contributed by atoms with Gasteiger partial charge in [0.15, 0.2) is 5.78 Å². The molecule has 2 aromatic rings. The smallest absolute Gasteiger partial charge is 0.330 e. The molecule has 3 unspecified atom stereocenters. The molecule has 8 heteroatoms. The van der Waals surface area contributed by atoms with E-state index in [2.05, 4.69) is 4.98 Å². The highest BCUT2D eigenvalue weighted by Gasteiger charge is 2.35. The molecule has 0 spiro atoms. The Labute approximate surface area is 148 Å². The van der Waals surface area contributed by atoms with E-state index in [0.717, 1.165) is 4.57 Å². The number of hydrogen-bond donors (Lipinski definition) is 3. The predicted octanol–water partition coefficient (Wildman–Crippen LogP) is 0.0734. The number of rotatable bonds is 5. The van der Waals surface area contributed by atoms with Crippen molar-refractivity contribution in [1.29, 1.82) is 0 Å². The molecule has 1 aromatic heterocycles. The maximum Gasteiger partial charge on any atom is 0.330 e. The molecule has 0 aliphatic carbocycles. The standard InChI is InChI=1S/C18H18N2O6/c21-10-15-14(23)8-16(26-15)20-9-12(17(24)19-18(20)25)6-7-13(22)11-4-2-1-3-5-11/h1-7,9,14-16,21,23H,8,10H2,(H,19,24,25)/b7-6+. The first-order valence-electron chi connectivity index (χ1n) is 8.07. The van der Waals surface area contributed by atoms with Crippen LogP contribution in [0.25, 0.3) is 6.08 Å². The van der Waals surface area contributed by atoms with E-state index in [1.54, 1.807) is 30.3 Å². The van der Waals surface area contributed by atoms with E-state index in [-0.39, 0.29) is 24.4 Å². The lowest BCUT2D eigenvalue weighted by Gasteiger charge is -2.14. The summed E-state index contributed by atoms with van der Waals surface area (Å²) in [6.07, 6.45) is 1.41. The van der Waals surface area contributed by atoms with Gasteiger partial charge in [0.1, 0.15) is 12.3 Å². The summed E-state index contributed by atoms with van der Waals surface area (Å²) in [5.41, 5.74) is -0.765. The van der Waals surface area contributed by atoms with Gasteiger partial charge in [-0.15, -0.1) is 0 Å². The Hall–Kier alpha value is -2.81. The molecule has 26 heavy (non-hydrogen) atoms. The average Bonchev–Trinajstić information content (AvgIpc) is 3.02. The minimum Gasteiger partial charge on any atom is -0.394 e. The van der Waals surface area contributed by atoms with Crippen molar-refractivity contribution in [3.05, 3.63) is 74.6 Å². The van der Waals surface area contributed by atoms with E-state index in [4.69, 9.17) is 9.84 Å². The van der Waals surface area contributed by atoms with Crippen molar-refractivity contribution in [3.63, 3.8) is 0 Å². The minimum atomic E-state index is -0.914.